The van der Waals surface area contributed by atoms with Crippen molar-refractivity contribution in [3.05, 3.63) is 17.0 Å². The number of hydrogen-bond acceptors (Lipinski definition) is 4. The first-order chi connectivity index (χ1) is 8.84. The lowest BCUT2D eigenvalue weighted by atomic mass is 9.96. The first kappa shape index (κ1) is 12.1. The van der Waals surface area contributed by atoms with E-state index in [1.807, 2.05) is 11.8 Å². The second kappa shape index (κ2) is 5.34. The minimum absolute atomic E-state index is 0.971. The number of fused-ring (bicyclic) bond motifs is 1. The van der Waals surface area contributed by atoms with E-state index < -0.39 is 0 Å². The molecule has 0 atom stereocenters. The van der Waals surface area contributed by atoms with Gasteiger partial charge in [0.25, 0.3) is 0 Å². The van der Waals surface area contributed by atoms with Crippen molar-refractivity contribution in [2.24, 2.45) is 12.0 Å². The van der Waals surface area contributed by atoms with E-state index in [4.69, 9.17) is 0 Å². The molecule has 1 N–H and O–H groups in total. The minimum atomic E-state index is 0.971. The number of aryl methyl sites for hydroxylation is 2. The van der Waals surface area contributed by atoms with Crippen molar-refractivity contribution in [3.63, 3.8) is 0 Å². The molecule has 98 valence electrons. The Balaban J connectivity index is 1.72. The normalized spacial score (nSPS) is 19.1. The molecule has 2 aliphatic rings. The van der Waals surface area contributed by atoms with Crippen molar-refractivity contribution in [1.82, 2.24) is 15.1 Å². The number of nitrogens with one attached hydrogen (secondary N) is 1. The van der Waals surface area contributed by atoms with Crippen LogP contribution in [0.5, 0.6) is 0 Å². The third-order valence-corrected chi connectivity index (χ3v) is 4.63. The molecule has 1 aliphatic carbocycles. The lowest BCUT2D eigenvalue weighted by Gasteiger charge is -2.15. The van der Waals surface area contributed by atoms with Gasteiger partial charge in [-0.2, -0.15) is 5.10 Å². The van der Waals surface area contributed by atoms with Crippen LogP contribution in [0, 0.1) is 0 Å². The van der Waals surface area contributed by atoms with E-state index in [9.17, 15) is 0 Å². The molecule has 5 heteroatoms. The fourth-order valence-corrected chi connectivity index (χ4v) is 3.69. The molecule has 18 heavy (non-hydrogen) atoms. The molecule has 0 unspecified atom stereocenters. The standard InChI is InChI=1S/C13H20N4S/c1-17-12(9-18-13-14-7-4-8-15-13)10-5-2-3-6-11(10)16-17/h2-9H2,1H3,(H,14,15). The second-order valence-corrected chi connectivity index (χ2v) is 5.92. The molecule has 1 aromatic heterocycles. The molecular weight excluding hydrogens is 244 g/mol. The third-order valence-electron chi connectivity index (χ3n) is 3.66. The van der Waals surface area contributed by atoms with Gasteiger partial charge in [-0.15, -0.1) is 0 Å². The Labute approximate surface area is 112 Å². The predicted octanol–water partition coefficient (Wildman–Crippen LogP) is 1.88. The van der Waals surface area contributed by atoms with Crippen LogP contribution in [0.2, 0.25) is 0 Å². The average Bonchev–Trinajstić information content (AvgIpc) is 2.73. The minimum Gasteiger partial charge on any atom is -0.365 e. The number of amidine groups is 1. The zero-order valence-corrected chi connectivity index (χ0v) is 11.7. The van der Waals surface area contributed by atoms with Crippen molar-refractivity contribution in [2.45, 2.75) is 37.9 Å². The second-order valence-electron chi connectivity index (χ2n) is 4.96. The Bertz CT molecular complexity index is 464. The summed E-state index contributed by atoms with van der Waals surface area (Å²) in [5.41, 5.74) is 4.23. The SMILES string of the molecule is Cn1nc2c(c1CSC1=NCCCN1)CCCC2. The van der Waals surface area contributed by atoms with Crippen molar-refractivity contribution < 1.29 is 0 Å². The van der Waals surface area contributed by atoms with E-state index in [-0.39, 0.29) is 0 Å². The molecule has 1 aromatic rings. The molecule has 2 heterocycles. The van der Waals surface area contributed by atoms with Gasteiger partial charge in [-0.1, -0.05) is 11.8 Å². The van der Waals surface area contributed by atoms with E-state index in [1.165, 1.54) is 36.2 Å². The maximum Gasteiger partial charge on any atom is 0.156 e. The summed E-state index contributed by atoms with van der Waals surface area (Å²) in [7, 11) is 2.07. The predicted molar refractivity (Wildman–Crippen MR) is 76.1 cm³/mol. The highest BCUT2D eigenvalue weighted by atomic mass is 32.2. The van der Waals surface area contributed by atoms with Crippen molar-refractivity contribution in [2.75, 3.05) is 13.1 Å². The van der Waals surface area contributed by atoms with E-state index in [0.717, 1.165) is 36.9 Å². The monoisotopic (exact) mass is 264 g/mol. The van der Waals surface area contributed by atoms with Crippen molar-refractivity contribution >= 4 is 16.9 Å². The number of aromatic nitrogens is 2. The molecule has 0 fully saturated rings. The summed E-state index contributed by atoms with van der Waals surface area (Å²) in [6.07, 6.45) is 6.14. The number of nitrogens with zero attached hydrogens (tertiary/aromatic N) is 3. The van der Waals surface area contributed by atoms with Crippen LogP contribution in [0.4, 0.5) is 0 Å². The van der Waals surface area contributed by atoms with Gasteiger partial charge < -0.3 is 5.32 Å². The van der Waals surface area contributed by atoms with Gasteiger partial charge in [0.15, 0.2) is 5.17 Å². The van der Waals surface area contributed by atoms with Crippen LogP contribution in [-0.2, 0) is 25.6 Å². The van der Waals surface area contributed by atoms with Gasteiger partial charge in [-0.05, 0) is 37.7 Å². The molecular formula is C13H20N4S. The zero-order chi connectivity index (χ0) is 12.4. The Kier molecular flexibility index (Phi) is 3.59. The largest absolute Gasteiger partial charge is 0.365 e. The number of hydrogen-bond donors (Lipinski definition) is 1. The lowest BCUT2D eigenvalue weighted by molar-refractivity contribution is 0.664. The van der Waals surface area contributed by atoms with Crippen LogP contribution in [0.1, 0.15) is 36.2 Å². The Hall–Kier alpha value is -0.970. The first-order valence-corrected chi connectivity index (χ1v) is 7.78. The van der Waals surface area contributed by atoms with Gasteiger partial charge in [-0.25, -0.2) is 0 Å². The van der Waals surface area contributed by atoms with Gasteiger partial charge in [-0.3, -0.25) is 9.67 Å². The highest BCUT2D eigenvalue weighted by molar-refractivity contribution is 8.13. The Morgan fingerprint density at radius 3 is 3.00 bits per heavy atom. The molecule has 4 nitrogen and oxygen atoms in total. The number of thioether (sulfide) groups is 1. The van der Waals surface area contributed by atoms with Crippen LogP contribution in [0.3, 0.4) is 0 Å². The third kappa shape index (κ3) is 2.41. The van der Waals surface area contributed by atoms with E-state index in [2.05, 4.69) is 27.1 Å². The molecule has 0 spiro atoms. The maximum atomic E-state index is 4.66. The highest BCUT2D eigenvalue weighted by Crippen LogP contribution is 2.26. The van der Waals surface area contributed by atoms with Gasteiger partial charge in [0.05, 0.1) is 11.4 Å². The molecule has 1 aliphatic heterocycles. The summed E-state index contributed by atoms with van der Waals surface area (Å²) < 4.78 is 2.08. The fourth-order valence-electron chi connectivity index (χ4n) is 2.67. The summed E-state index contributed by atoms with van der Waals surface area (Å²) in [5, 5.41) is 9.13. The number of aliphatic imine (C=N–C) groups is 1. The average molecular weight is 264 g/mol. The van der Waals surface area contributed by atoms with E-state index in [0.29, 0.717) is 0 Å². The summed E-state index contributed by atoms with van der Waals surface area (Å²) in [6, 6.07) is 0. The molecule has 0 aromatic carbocycles. The van der Waals surface area contributed by atoms with Gasteiger partial charge in [0, 0.05) is 25.9 Å². The molecule has 0 saturated heterocycles. The zero-order valence-electron chi connectivity index (χ0n) is 10.9. The summed E-state index contributed by atoms with van der Waals surface area (Å²) >= 11 is 1.82. The maximum absolute atomic E-state index is 4.66. The highest BCUT2D eigenvalue weighted by Gasteiger charge is 2.19. The Morgan fingerprint density at radius 2 is 2.17 bits per heavy atom. The topological polar surface area (TPSA) is 42.2 Å². The van der Waals surface area contributed by atoms with Crippen molar-refractivity contribution in [1.29, 1.82) is 0 Å². The Morgan fingerprint density at radius 1 is 1.28 bits per heavy atom. The molecule has 0 bridgehead atoms. The first-order valence-electron chi connectivity index (χ1n) is 6.79. The quantitative estimate of drug-likeness (QED) is 0.887. The molecule has 3 rings (SSSR count). The summed E-state index contributed by atoms with van der Waals surface area (Å²) in [5.74, 6) is 0.991. The van der Waals surface area contributed by atoms with Gasteiger partial charge in [0.2, 0.25) is 0 Å². The molecule has 0 radical (unpaired) electrons. The summed E-state index contributed by atoms with van der Waals surface area (Å²) in [4.78, 5) is 4.51. The molecule has 0 amide bonds. The van der Waals surface area contributed by atoms with Gasteiger partial charge in [0.1, 0.15) is 0 Å². The summed E-state index contributed by atoms with van der Waals surface area (Å²) in [6.45, 7) is 2.04. The van der Waals surface area contributed by atoms with Crippen molar-refractivity contribution in [3.8, 4) is 0 Å². The van der Waals surface area contributed by atoms with Gasteiger partial charge >= 0.3 is 0 Å². The van der Waals surface area contributed by atoms with Crippen LogP contribution in [-0.4, -0.2) is 28.0 Å². The van der Waals surface area contributed by atoms with Crippen LogP contribution >= 0.6 is 11.8 Å². The fraction of sp³-hybridized carbons (Fsp3) is 0.692. The lowest BCUT2D eigenvalue weighted by Crippen LogP contribution is -2.27. The smallest absolute Gasteiger partial charge is 0.156 e. The van der Waals surface area contributed by atoms with E-state index >= 15 is 0 Å². The van der Waals surface area contributed by atoms with Crippen LogP contribution < -0.4 is 5.32 Å². The molecule has 0 saturated carbocycles. The van der Waals surface area contributed by atoms with E-state index in [1.54, 1.807) is 0 Å². The van der Waals surface area contributed by atoms with Crippen LogP contribution in [0.15, 0.2) is 4.99 Å². The van der Waals surface area contributed by atoms with Crippen LogP contribution in [0.25, 0.3) is 0 Å². The number of rotatable bonds is 2.